The number of nitrogens with zero attached hydrogens (tertiary/aromatic N) is 1. The maximum atomic E-state index is 13.5. The van der Waals surface area contributed by atoms with E-state index in [1.54, 1.807) is 0 Å². The van der Waals surface area contributed by atoms with Crippen LogP contribution in [0.15, 0.2) is 126 Å². The number of amides is 1. The van der Waals surface area contributed by atoms with Crippen LogP contribution < -0.4 is 21.2 Å². The number of nitrogens with one attached hydrogen (secondary N) is 1. The molecule has 3 nitrogen and oxygen atoms in total. The standard InChI is InChI=1S/C27H21N2OP/c30-26-27(29-25(28-26)21-13-5-1-6-14-21)31(22-15-7-2-8-16-22,23-17-9-3-10-18-23)24-19-11-4-12-20-24/h1-20,27H/p+1/t27-/m0/s1. The second-order valence-electron chi connectivity index (χ2n) is 7.44. The van der Waals surface area contributed by atoms with E-state index in [9.17, 15) is 4.79 Å². The predicted molar refractivity (Wildman–Crippen MR) is 130 cm³/mol. The maximum absolute atomic E-state index is 13.5. The highest BCUT2D eigenvalue weighted by Crippen LogP contribution is 2.61. The van der Waals surface area contributed by atoms with Crippen LogP contribution in [0.4, 0.5) is 0 Å². The van der Waals surface area contributed by atoms with Crippen molar-refractivity contribution in [2.24, 2.45) is 4.99 Å². The minimum atomic E-state index is -2.41. The van der Waals surface area contributed by atoms with Gasteiger partial charge in [-0.1, -0.05) is 84.9 Å². The Balaban J connectivity index is 1.80. The van der Waals surface area contributed by atoms with Crippen LogP contribution in [0.1, 0.15) is 5.56 Å². The van der Waals surface area contributed by atoms with E-state index < -0.39 is 13.0 Å². The average Bonchev–Trinajstić information content (AvgIpc) is 3.24. The summed E-state index contributed by atoms with van der Waals surface area (Å²) in [7, 11) is -2.41. The van der Waals surface area contributed by atoms with Crippen LogP contribution in [0.3, 0.4) is 0 Å². The minimum Gasteiger partial charge on any atom is -0.305 e. The highest BCUT2D eigenvalue weighted by molar-refractivity contribution is 7.96. The van der Waals surface area contributed by atoms with Crippen LogP contribution in [0, 0.1) is 0 Å². The summed E-state index contributed by atoms with van der Waals surface area (Å²) in [5.74, 6) is 0.0569. The molecule has 0 saturated carbocycles. The van der Waals surface area contributed by atoms with E-state index in [-0.39, 0.29) is 5.91 Å². The molecule has 1 heterocycles. The average molecular weight is 421 g/mol. The van der Waals surface area contributed by atoms with Gasteiger partial charge in [-0.3, -0.25) is 4.79 Å². The predicted octanol–water partition coefficient (Wildman–Crippen LogP) is 3.88. The van der Waals surface area contributed by atoms with E-state index in [1.807, 2.05) is 84.9 Å². The Kier molecular flexibility index (Phi) is 5.19. The monoisotopic (exact) mass is 421 g/mol. The van der Waals surface area contributed by atoms with Gasteiger partial charge in [0.2, 0.25) is 0 Å². The molecule has 1 N–H and O–H groups in total. The summed E-state index contributed by atoms with van der Waals surface area (Å²) in [4.78, 5) is 18.6. The second-order valence-corrected chi connectivity index (χ2v) is 10.9. The van der Waals surface area contributed by atoms with Crippen LogP contribution in [-0.4, -0.2) is 17.5 Å². The van der Waals surface area contributed by atoms with E-state index in [4.69, 9.17) is 4.99 Å². The van der Waals surface area contributed by atoms with Gasteiger partial charge in [0.05, 0.1) is 0 Å². The van der Waals surface area contributed by atoms with Gasteiger partial charge in [-0.25, -0.2) is 4.99 Å². The first-order valence-corrected chi connectivity index (χ1v) is 12.2. The van der Waals surface area contributed by atoms with Crippen molar-refractivity contribution in [2.75, 3.05) is 0 Å². The van der Waals surface area contributed by atoms with Crippen molar-refractivity contribution >= 4 is 34.9 Å². The molecule has 4 heteroatoms. The third-order valence-electron chi connectivity index (χ3n) is 5.63. The quantitative estimate of drug-likeness (QED) is 0.488. The van der Waals surface area contributed by atoms with Gasteiger partial charge in [0, 0.05) is 5.56 Å². The van der Waals surface area contributed by atoms with Crippen LogP contribution in [-0.2, 0) is 4.79 Å². The molecule has 1 amide bonds. The van der Waals surface area contributed by atoms with Crippen LogP contribution in [0.5, 0.6) is 0 Å². The van der Waals surface area contributed by atoms with E-state index in [0.29, 0.717) is 5.84 Å². The van der Waals surface area contributed by atoms with E-state index >= 15 is 0 Å². The summed E-state index contributed by atoms with van der Waals surface area (Å²) in [5, 5.41) is 6.51. The topological polar surface area (TPSA) is 41.5 Å². The Labute approximate surface area is 182 Å². The molecule has 0 unspecified atom stereocenters. The fraction of sp³-hybridized carbons (Fsp3) is 0.0370. The maximum Gasteiger partial charge on any atom is 0.290 e. The normalized spacial score (nSPS) is 15.9. The number of hydrogen-bond donors (Lipinski definition) is 1. The molecule has 4 aromatic rings. The van der Waals surface area contributed by atoms with Crippen molar-refractivity contribution in [1.29, 1.82) is 0 Å². The lowest BCUT2D eigenvalue weighted by Crippen LogP contribution is -2.42. The van der Waals surface area contributed by atoms with E-state index in [0.717, 1.165) is 21.5 Å². The summed E-state index contributed by atoms with van der Waals surface area (Å²) in [6.45, 7) is 0. The number of carbonyl (C=O) groups excluding carboxylic acids is 1. The molecule has 0 saturated heterocycles. The zero-order chi connectivity index (χ0) is 21.1. The molecule has 5 rings (SSSR count). The molecule has 1 atom stereocenters. The molecule has 0 aliphatic carbocycles. The van der Waals surface area contributed by atoms with Gasteiger partial charge in [0.15, 0.2) is 0 Å². The number of benzene rings is 4. The molecule has 1 aliphatic heterocycles. The van der Waals surface area contributed by atoms with Crippen molar-refractivity contribution in [2.45, 2.75) is 5.78 Å². The van der Waals surface area contributed by atoms with Gasteiger partial charge >= 0.3 is 0 Å². The van der Waals surface area contributed by atoms with Gasteiger partial charge in [-0.15, -0.1) is 0 Å². The number of aliphatic imine (C=N–C) groups is 1. The summed E-state index contributed by atoms with van der Waals surface area (Å²) < 4.78 is 0. The fourth-order valence-electron chi connectivity index (χ4n) is 4.26. The molecule has 31 heavy (non-hydrogen) atoms. The molecular weight excluding hydrogens is 399 g/mol. The molecule has 0 bridgehead atoms. The Morgan fingerprint density at radius 1 is 0.581 bits per heavy atom. The van der Waals surface area contributed by atoms with Crippen LogP contribution >= 0.6 is 7.26 Å². The molecule has 1 aliphatic rings. The first-order valence-electron chi connectivity index (χ1n) is 10.3. The SMILES string of the molecule is O=C1NC(c2ccccc2)=N[C@H]1[P+](c1ccccc1)(c1ccccc1)c1ccccc1. The lowest BCUT2D eigenvalue weighted by Gasteiger charge is -2.29. The van der Waals surface area contributed by atoms with Gasteiger partial charge in [-0.05, 0) is 36.4 Å². The first-order chi connectivity index (χ1) is 15.3. The fourth-order valence-corrected chi connectivity index (χ4v) is 8.63. The van der Waals surface area contributed by atoms with E-state index in [1.165, 1.54) is 0 Å². The summed E-state index contributed by atoms with van der Waals surface area (Å²) in [5.41, 5.74) is 0.922. The first kappa shape index (κ1) is 19.4. The van der Waals surface area contributed by atoms with E-state index in [2.05, 4.69) is 41.7 Å². The molecular formula is C27H22N2OP+. The number of amidine groups is 1. The van der Waals surface area contributed by atoms with Crippen molar-refractivity contribution in [3.63, 3.8) is 0 Å². The Hall–Kier alpha value is -3.55. The number of hydrogen-bond acceptors (Lipinski definition) is 2. The molecule has 0 spiro atoms. The number of carbonyl (C=O) groups is 1. The van der Waals surface area contributed by atoms with Crippen molar-refractivity contribution in [1.82, 2.24) is 5.32 Å². The zero-order valence-corrected chi connectivity index (χ0v) is 17.8. The largest absolute Gasteiger partial charge is 0.305 e. The van der Waals surface area contributed by atoms with Crippen molar-refractivity contribution in [3.8, 4) is 0 Å². The molecule has 0 fully saturated rings. The smallest absolute Gasteiger partial charge is 0.290 e. The lowest BCUT2D eigenvalue weighted by atomic mass is 10.2. The van der Waals surface area contributed by atoms with Crippen LogP contribution in [0.2, 0.25) is 0 Å². The van der Waals surface area contributed by atoms with Crippen LogP contribution in [0.25, 0.3) is 0 Å². The Morgan fingerprint density at radius 2 is 0.968 bits per heavy atom. The zero-order valence-electron chi connectivity index (χ0n) is 16.9. The summed E-state index contributed by atoms with van der Waals surface area (Å²) in [6, 6.07) is 41.0. The summed E-state index contributed by atoms with van der Waals surface area (Å²) >= 11 is 0. The molecule has 150 valence electrons. The highest BCUT2D eigenvalue weighted by atomic mass is 31.2. The molecule has 0 aromatic heterocycles. The van der Waals surface area contributed by atoms with Gasteiger partial charge in [-0.2, -0.15) is 0 Å². The van der Waals surface area contributed by atoms with Crippen molar-refractivity contribution < 1.29 is 4.79 Å². The van der Waals surface area contributed by atoms with Gasteiger partial charge in [0.1, 0.15) is 29.0 Å². The Bertz CT molecular complexity index is 1110. The molecule has 4 aromatic carbocycles. The summed E-state index contributed by atoms with van der Waals surface area (Å²) in [6.07, 6.45) is 0. The van der Waals surface area contributed by atoms with Gasteiger partial charge in [0.25, 0.3) is 11.7 Å². The third-order valence-corrected chi connectivity index (χ3v) is 10.1. The second kappa shape index (κ2) is 8.29. The van der Waals surface area contributed by atoms with Crippen molar-refractivity contribution in [3.05, 3.63) is 127 Å². The lowest BCUT2D eigenvalue weighted by molar-refractivity contribution is -0.118. The minimum absolute atomic E-state index is 0.0521. The molecule has 0 radical (unpaired) electrons. The Morgan fingerprint density at radius 3 is 1.39 bits per heavy atom. The third kappa shape index (κ3) is 3.37. The highest BCUT2D eigenvalue weighted by Gasteiger charge is 2.58. The number of rotatable bonds is 5. The van der Waals surface area contributed by atoms with Gasteiger partial charge < -0.3 is 5.32 Å².